The summed E-state index contributed by atoms with van der Waals surface area (Å²) in [6, 6.07) is 6.97. The van der Waals surface area contributed by atoms with Crippen molar-refractivity contribution in [2.75, 3.05) is 5.32 Å². The summed E-state index contributed by atoms with van der Waals surface area (Å²) in [6.07, 6.45) is 9.30. The Morgan fingerprint density at radius 3 is 2.60 bits per heavy atom. The van der Waals surface area contributed by atoms with E-state index < -0.39 is 0 Å². The molecule has 6 heteroatoms. The number of anilines is 1. The maximum atomic E-state index is 12.9. The molecule has 40 heavy (non-hydrogen) atoms. The molecule has 3 N–H and O–H groups in total. The van der Waals surface area contributed by atoms with E-state index in [9.17, 15) is 19.8 Å². The molecule has 4 saturated carbocycles. The SMILES string of the molecule is Cc1cc(=O)oc2cc(NC(=O)CC[C@@H](C)[C@H]3CC[C@H]4[C@@H]5C(O)C[C@@H]6C[C@H](O)CC[C@]6(C)[C@H]5CC[C@]34C)ccc12. The molecule has 4 aliphatic carbocycles. The number of aliphatic hydroxyl groups is 2. The first kappa shape index (κ1) is 28.0. The summed E-state index contributed by atoms with van der Waals surface area (Å²) in [5.74, 6) is 2.90. The standard InChI is InChI=1S/C34H47NO5/c1-19(5-10-30(38)35-22-6-7-24-20(2)15-31(39)40-29(24)18-22)25-8-9-26-32-27(12-14-34(25,26)4)33(3)13-11-23(36)16-21(33)17-28(32)37/h6-7,15,18-19,21,23,25-28,32,36-37H,5,8-14,16-17H2,1-4H3,(H,35,38)/t19-,21+,23-,25-,26+,27+,28?,32+,33+,34-/m1/s1. The molecule has 4 aliphatic rings. The second-order valence-electron chi connectivity index (χ2n) is 14.5. The van der Waals surface area contributed by atoms with Crippen molar-refractivity contribution in [2.45, 2.75) is 104 Å². The first-order chi connectivity index (χ1) is 19.0. The van der Waals surface area contributed by atoms with Gasteiger partial charge in [-0.1, -0.05) is 20.8 Å². The Morgan fingerprint density at radius 2 is 1.80 bits per heavy atom. The molecule has 1 unspecified atom stereocenters. The minimum atomic E-state index is -0.382. The van der Waals surface area contributed by atoms with E-state index in [0.29, 0.717) is 53.2 Å². The fourth-order valence-electron chi connectivity index (χ4n) is 10.4. The first-order valence-corrected chi connectivity index (χ1v) is 15.7. The number of hydrogen-bond acceptors (Lipinski definition) is 5. The zero-order valence-electron chi connectivity index (χ0n) is 24.6. The number of fused-ring (bicyclic) bond motifs is 6. The van der Waals surface area contributed by atoms with Gasteiger partial charge in [0.05, 0.1) is 12.2 Å². The summed E-state index contributed by atoms with van der Waals surface area (Å²) >= 11 is 0. The number of aliphatic hydroxyl groups excluding tert-OH is 2. The molecule has 1 aromatic heterocycles. The van der Waals surface area contributed by atoms with Crippen molar-refractivity contribution in [1.82, 2.24) is 0 Å². The van der Waals surface area contributed by atoms with Crippen LogP contribution in [0.15, 0.2) is 33.5 Å². The maximum absolute atomic E-state index is 12.9. The van der Waals surface area contributed by atoms with Gasteiger partial charge in [-0.05, 0) is 129 Å². The van der Waals surface area contributed by atoms with E-state index >= 15 is 0 Å². The Labute approximate surface area is 237 Å². The Morgan fingerprint density at radius 1 is 1.05 bits per heavy atom. The maximum Gasteiger partial charge on any atom is 0.336 e. The summed E-state index contributed by atoms with van der Waals surface area (Å²) in [5.41, 5.74) is 2.08. The predicted octanol–water partition coefficient (Wildman–Crippen LogP) is 6.45. The minimum Gasteiger partial charge on any atom is -0.423 e. The quantitative estimate of drug-likeness (QED) is 0.372. The van der Waals surface area contributed by atoms with Gasteiger partial charge in [-0.15, -0.1) is 0 Å². The zero-order chi connectivity index (χ0) is 28.4. The summed E-state index contributed by atoms with van der Waals surface area (Å²) in [7, 11) is 0. The Balaban J connectivity index is 1.10. The second-order valence-corrected chi connectivity index (χ2v) is 14.5. The van der Waals surface area contributed by atoms with Crippen LogP contribution in [0.25, 0.3) is 11.0 Å². The van der Waals surface area contributed by atoms with Crippen LogP contribution in [0.4, 0.5) is 5.69 Å². The highest BCUT2D eigenvalue weighted by Gasteiger charge is 2.62. The molecule has 0 saturated heterocycles. The van der Waals surface area contributed by atoms with E-state index in [1.54, 1.807) is 6.07 Å². The van der Waals surface area contributed by atoms with E-state index in [1.807, 2.05) is 19.1 Å². The monoisotopic (exact) mass is 549 g/mol. The molecule has 0 bridgehead atoms. The molecular formula is C34H47NO5. The molecule has 6 nitrogen and oxygen atoms in total. The lowest BCUT2D eigenvalue weighted by Gasteiger charge is -2.62. The summed E-state index contributed by atoms with van der Waals surface area (Å²) in [6.45, 7) is 9.15. The highest BCUT2D eigenvalue weighted by molar-refractivity contribution is 5.93. The number of carbonyl (C=O) groups excluding carboxylic acids is 1. The lowest BCUT2D eigenvalue weighted by Crippen LogP contribution is -2.58. The number of benzene rings is 1. The first-order valence-electron chi connectivity index (χ1n) is 15.7. The van der Waals surface area contributed by atoms with Crippen LogP contribution in [0.1, 0.15) is 90.5 Å². The van der Waals surface area contributed by atoms with Crippen LogP contribution in [-0.4, -0.2) is 28.3 Å². The van der Waals surface area contributed by atoms with Gasteiger partial charge in [-0.25, -0.2) is 4.79 Å². The zero-order valence-corrected chi connectivity index (χ0v) is 24.6. The molecule has 1 heterocycles. The molecule has 2 aromatic rings. The molecule has 0 spiro atoms. The third kappa shape index (κ3) is 4.63. The topological polar surface area (TPSA) is 99.8 Å². The molecule has 1 amide bonds. The van der Waals surface area contributed by atoms with Crippen molar-refractivity contribution in [1.29, 1.82) is 0 Å². The Bertz CT molecular complexity index is 1340. The Hall–Kier alpha value is -2.18. The van der Waals surface area contributed by atoms with Crippen LogP contribution in [0, 0.1) is 53.3 Å². The number of amides is 1. The fourth-order valence-corrected chi connectivity index (χ4v) is 10.4. The highest BCUT2D eigenvalue weighted by atomic mass is 16.4. The largest absolute Gasteiger partial charge is 0.423 e. The molecule has 4 fully saturated rings. The van der Waals surface area contributed by atoms with Crippen LogP contribution in [-0.2, 0) is 4.79 Å². The number of aryl methyl sites for hydroxylation is 1. The third-order valence-corrected chi connectivity index (χ3v) is 12.5. The van der Waals surface area contributed by atoms with E-state index in [1.165, 1.54) is 31.7 Å². The van der Waals surface area contributed by atoms with Gasteiger partial charge < -0.3 is 19.9 Å². The average molecular weight is 550 g/mol. The lowest BCUT2D eigenvalue weighted by molar-refractivity contribution is -0.174. The average Bonchev–Trinajstić information content (AvgIpc) is 3.25. The van der Waals surface area contributed by atoms with Gasteiger partial charge in [0, 0.05) is 29.6 Å². The molecule has 6 rings (SSSR count). The van der Waals surface area contributed by atoms with Crippen molar-refractivity contribution in [3.05, 3.63) is 40.2 Å². The van der Waals surface area contributed by atoms with Crippen LogP contribution < -0.4 is 10.9 Å². The molecule has 10 atom stereocenters. The molecular weight excluding hydrogens is 502 g/mol. The molecule has 1 aromatic carbocycles. The molecule has 0 aliphatic heterocycles. The van der Waals surface area contributed by atoms with E-state index in [-0.39, 0.29) is 34.6 Å². The van der Waals surface area contributed by atoms with Crippen LogP contribution in [0.5, 0.6) is 0 Å². The van der Waals surface area contributed by atoms with Gasteiger partial charge in [0.25, 0.3) is 0 Å². The normalized spacial score (nSPS) is 39.7. The number of carbonyl (C=O) groups is 1. The van der Waals surface area contributed by atoms with Crippen LogP contribution >= 0.6 is 0 Å². The number of rotatable bonds is 5. The van der Waals surface area contributed by atoms with Crippen LogP contribution in [0.2, 0.25) is 0 Å². The van der Waals surface area contributed by atoms with Crippen molar-refractivity contribution >= 4 is 22.6 Å². The van der Waals surface area contributed by atoms with E-state index in [2.05, 4.69) is 26.1 Å². The van der Waals surface area contributed by atoms with Crippen LogP contribution in [0.3, 0.4) is 0 Å². The van der Waals surface area contributed by atoms with Gasteiger partial charge in [0.2, 0.25) is 5.91 Å². The minimum absolute atomic E-state index is 0.00855. The van der Waals surface area contributed by atoms with Gasteiger partial charge in [-0.3, -0.25) is 4.79 Å². The predicted molar refractivity (Wildman–Crippen MR) is 157 cm³/mol. The fraction of sp³-hybridized carbons (Fsp3) is 0.706. The van der Waals surface area contributed by atoms with Crippen molar-refractivity contribution in [3.63, 3.8) is 0 Å². The van der Waals surface area contributed by atoms with Gasteiger partial charge >= 0.3 is 5.63 Å². The number of hydrogen-bond donors (Lipinski definition) is 3. The van der Waals surface area contributed by atoms with Gasteiger partial charge in [0.15, 0.2) is 0 Å². The summed E-state index contributed by atoms with van der Waals surface area (Å²) < 4.78 is 5.34. The number of nitrogens with one attached hydrogen (secondary N) is 1. The third-order valence-electron chi connectivity index (χ3n) is 12.5. The highest BCUT2D eigenvalue weighted by Crippen LogP contribution is 2.68. The summed E-state index contributed by atoms with van der Waals surface area (Å²) in [5, 5.41) is 25.7. The lowest BCUT2D eigenvalue weighted by atomic mass is 9.43. The molecule has 218 valence electrons. The van der Waals surface area contributed by atoms with Crippen molar-refractivity contribution in [2.24, 2.45) is 46.3 Å². The van der Waals surface area contributed by atoms with Gasteiger partial charge in [-0.2, -0.15) is 0 Å². The van der Waals surface area contributed by atoms with Gasteiger partial charge in [0.1, 0.15) is 5.58 Å². The van der Waals surface area contributed by atoms with E-state index in [4.69, 9.17) is 4.42 Å². The summed E-state index contributed by atoms with van der Waals surface area (Å²) in [4.78, 5) is 24.7. The van der Waals surface area contributed by atoms with E-state index in [0.717, 1.165) is 43.1 Å². The van der Waals surface area contributed by atoms with Crippen molar-refractivity contribution in [3.8, 4) is 0 Å². The van der Waals surface area contributed by atoms with Crippen molar-refractivity contribution < 1.29 is 19.4 Å². The second kappa shape index (κ2) is 10.3. The molecule has 0 radical (unpaired) electrons. The smallest absolute Gasteiger partial charge is 0.336 e. The Kier molecular flexibility index (Phi) is 7.18.